The van der Waals surface area contributed by atoms with E-state index in [1.54, 1.807) is 11.0 Å². The van der Waals surface area contributed by atoms with Crippen molar-refractivity contribution in [2.45, 2.75) is 25.7 Å². The van der Waals surface area contributed by atoms with E-state index in [1.807, 2.05) is 49.4 Å². The highest BCUT2D eigenvalue weighted by molar-refractivity contribution is 5.95. The molecule has 0 bridgehead atoms. The van der Waals surface area contributed by atoms with Crippen LogP contribution in [0.15, 0.2) is 67.3 Å². The predicted molar refractivity (Wildman–Crippen MR) is 131 cm³/mol. The summed E-state index contributed by atoms with van der Waals surface area (Å²) in [7, 11) is 0. The minimum Gasteiger partial charge on any atom is -0.493 e. The van der Waals surface area contributed by atoms with E-state index in [4.69, 9.17) is 9.84 Å². The first-order valence-corrected chi connectivity index (χ1v) is 11.5. The lowest BCUT2D eigenvalue weighted by Crippen LogP contribution is -2.25. The fraction of sp³-hybridized carbons (Fsp3) is 0.192. The van der Waals surface area contributed by atoms with Crippen molar-refractivity contribution >= 4 is 22.9 Å². The molecule has 1 aliphatic rings. The smallest absolute Gasteiger partial charge is 0.226 e. The van der Waals surface area contributed by atoms with E-state index in [-0.39, 0.29) is 11.8 Å². The minimum atomic E-state index is -0.120. The van der Waals surface area contributed by atoms with Crippen LogP contribution in [0.5, 0.6) is 5.75 Å². The van der Waals surface area contributed by atoms with Crippen molar-refractivity contribution in [3.05, 3.63) is 89.6 Å². The van der Waals surface area contributed by atoms with Crippen molar-refractivity contribution in [1.82, 2.24) is 29.7 Å². The number of aromatic nitrogens is 6. The molecule has 2 aromatic carbocycles. The van der Waals surface area contributed by atoms with Crippen LogP contribution in [0.3, 0.4) is 0 Å². The quantitative estimate of drug-likeness (QED) is 0.393. The van der Waals surface area contributed by atoms with Crippen LogP contribution < -0.4 is 10.1 Å². The van der Waals surface area contributed by atoms with Gasteiger partial charge in [0.25, 0.3) is 0 Å². The SMILES string of the molecule is Cc1nn(-c2ncnc3nc[nH]c23)c2c1[C@@H](c1ccc(OCCc3ccccc3)cc1)CC(=O)N2. The number of fused-ring (bicyclic) bond motifs is 2. The highest BCUT2D eigenvalue weighted by Crippen LogP contribution is 2.40. The third-order valence-corrected chi connectivity index (χ3v) is 6.29. The normalized spacial score (nSPS) is 15.1. The number of nitrogens with zero attached hydrogens (tertiary/aromatic N) is 5. The zero-order valence-corrected chi connectivity index (χ0v) is 19.1. The van der Waals surface area contributed by atoms with Crippen molar-refractivity contribution in [1.29, 1.82) is 0 Å². The molecule has 35 heavy (non-hydrogen) atoms. The molecule has 0 saturated carbocycles. The molecule has 2 N–H and O–H groups in total. The van der Waals surface area contributed by atoms with Crippen molar-refractivity contribution in [3.8, 4) is 11.6 Å². The second kappa shape index (κ2) is 8.68. The molecule has 0 saturated heterocycles. The average molecular weight is 466 g/mol. The molecule has 0 fully saturated rings. The molecule has 0 spiro atoms. The standard InChI is InChI=1S/C26H23N7O2/c1-16-22-20(18-7-9-19(10-8-18)35-12-11-17-5-3-2-4-6-17)13-21(34)31-25(22)33(32-16)26-23-24(28-14-27-23)29-15-30-26/h2-10,14-15,20H,11-13H2,1H3,(H,31,34)(H,27,28,29,30)/t20-/m1/s1. The summed E-state index contributed by atoms with van der Waals surface area (Å²) >= 11 is 0. The summed E-state index contributed by atoms with van der Waals surface area (Å²) in [5.41, 5.74) is 5.29. The Bertz CT molecular complexity index is 1510. The number of hydrogen-bond acceptors (Lipinski definition) is 6. The van der Waals surface area contributed by atoms with Crippen molar-refractivity contribution < 1.29 is 9.53 Å². The van der Waals surface area contributed by atoms with Crippen LogP contribution in [0.2, 0.25) is 0 Å². The number of nitrogens with one attached hydrogen (secondary N) is 2. The molecule has 0 radical (unpaired) electrons. The van der Waals surface area contributed by atoms with Crippen molar-refractivity contribution in [2.75, 3.05) is 11.9 Å². The molecule has 0 unspecified atom stereocenters. The van der Waals surface area contributed by atoms with E-state index >= 15 is 0 Å². The fourth-order valence-corrected chi connectivity index (χ4v) is 4.63. The van der Waals surface area contributed by atoms with Gasteiger partial charge in [0.1, 0.15) is 23.4 Å². The number of aromatic amines is 1. The van der Waals surface area contributed by atoms with Gasteiger partial charge < -0.3 is 15.0 Å². The van der Waals surface area contributed by atoms with Gasteiger partial charge in [0.2, 0.25) is 5.91 Å². The number of rotatable bonds is 6. The van der Waals surface area contributed by atoms with Crippen LogP contribution in [0, 0.1) is 6.92 Å². The van der Waals surface area contributed by atoms with E-state index in [9.17, 15) is 4.79 Å². The molecular formula is C26H23N7O2. The summed E-state index contributed by atoms with van der Waals surface area (Å²) in [5.74, 6) is 1.79. The number of anilines is 1. The number of H-pyrrole nitrogens is 1. The first-order valence-electron chi connectivity index (χ1n) is 11.5. The van der Waals surface area contributed by atoms with Gasteiger partial charge in [-0.2, -0.15) is 9.78 Å². The van der Waals surface area contributed by atoms with Gasteiger partial charge in [0.15, 0.2) is 11.5 Å². The third kappa shape index (κ3) is 3.90. The molecular weight excluding hydrogens is 442 g/mol. The molecule has 5 aromatic rings. The molecule has 9 nitrogen and oxygen atoms in total. The van der Waals surface area contributed by atoms with Crippen LogP contribution in [-0.2, 0) is 11.2 Å². The molecule has 4 heterocycles. The van der Waals surface area contributed by atoms with Crippen LogP contribution in [-0.4, -0.2) is 42.2 Å². The van der Waals surface area contributed by atoms with Gasteiger partial charge in [0, 0.05) is 24.3 Å². The Morgan fingerprint density at radius 3 is 2.71 bits per heavy atom. The fourth-order valence-electron chi connectivity index (χ4n) is 4.63. The number of hydrogen-bond donors (Lipinski definition) is 2. The lowest BCUT2D eigenvalue weighted by atomic mass is 9.86. The molecule has 1 amide bonds. The topological polar surface area (TPSA) is 111 Å². The van der Waals surface area contributed by atoms with E-state index in [0.29, 0.717) is 35.8 Å². The monoisotopic (exact) mass is 465 g/mol. The van der Waals surface area contributed by atoms with Crippen molar-refractivity contribution in [3.63, 3.8) is 0 Å². The van der Waals surface area contributed by atoms with Gasteiger partial charge in [-0.05, 0) is 30.2 Å². The summed E-state index contributed by atoms with van der Waals surface area (Å²) in [6, 6.07) is 18.3. The number of amides is 1. The largest absolute Gasteiger partial charge is 0.493 e. The number of carbonyl (C=O) groups is 1. The molecule has 174 valence electrons. The van der Waals surface area contributed by atoms with E-state index in [1.165, 1.54) is 11.9 Å². The van der Waals surface area contributed by atoms with E-state index in [0.717, 1.165) is 29.0 Å². The molecule has 1 atom stereocenters. The number of carbonyl (C=O) groups excluding carboxylic acids is 1. The highest BCUT2D eigenvalue weighted by Gasteiger charge is 2.33. The molecule has 9 heteroatoms. The van der Waals surface area contributed by atoms with Gasteiger partial charge in [-0.1, -0.05) is 42.5 Å². The van der Waals surface area contributed by atoms with Gasteiger partial charge >= 0.3 is 0 Å². The van der Waals surface area contributed by atoms with Gasteiger partial charge in [-0.25, -0.2) is 15.0 Å². The number of aryl methyl sites for hydroxylation is 1. The maximum absolute atomic E-state index is 12.7. The number of imidazole rings is 1. The Kier molecular flexibility index (Phi) is 5.21. The summed E-state index contributed by atoms with van der Waals surface area (Å²) in [6.07, 6.45) is 4.20. The Labute approximate surface area is 201 Å². The molecule has 3 aromatic heterocycles. The van der Waals surface area contributed by atoms with Gasteiger partial charge in [0.05, 0.1) is 18.6 Å². The lowest BCUT2D eigenvalue weighted by Gasteiger charge is -2.24. The van der Waals surface area contributed by atoms with Crippen LogP contribution in [0.4, 0.5) is 5.82 Å². The van der Waals surface area contributed by atoms with Gasteiger partial charge in [-0.15, -0.1) is 0 Å². The second-order valence-corrected chi connectivity index (χ2v) is 8.52. The summed E-state index contributed by atoms with van der Waals surface area (Å²) in [4.78, 5) is 28.6. The highest BCUT2D eigenvalue weighted by atomic mass is 16.5. The van der Waals surface area contributed by atoms with E-state index < -0.39 is 0 Å². The lowest BCUT2D eigenvalue weighted by molar-refractivity contribution is -0.116. The zero-order chi connectivity index (χ0) is 23.8. The minimum absolute atomic E-state index is 0.0678. The molecule has 6 rings (SSSR count). The van der Waals surface area contributed by atoms with Gasteiger partial charge in [-0.3, -0.25) is 4.79 Å². The number of ether oxygens (including phenoxy) is 1. The Hall–Kier alpha value is -4.53. The number of benzene rings is 2. The first-order chi connectivity index (χ1) is 17.2. The Balaban J connectivity index is 1.28. The van der Waals surface area contributed by atoms with Crippen LogP contribution >= 0.6 is 0 Å². The second-order valence-electron chi connectivity index (χ2n) is 8.52. The predicted octanol–water partition coefficient (Wildman–Crippen LogP) is 3.94. The maximum atomic E-state index is 12.7. The summed E-state index contributed by atoms with van der Waals surface area (Å²) < 4.78 is 7.61. The van der Waals surface area contributed by atoms with Crippen LogP contribution in [0.1, 0.15) is 34.7 Å². The Morgan fingerprint density at radius 2 is 1.89 bits per heavy atom. The third-order valence-electron chi connectivity index (χ3n) is 6.29. The van der Waals surface area contributed by atoms with Crippen molar-refractivity contribution in [2.24, 2.45) is 0 Å². The Morgan fingerprint density at radius 1 is 1.06 bits per heavy atom. The average Bonchev–Trinajstić information content (AvgIpc) is 3.49. The van der Waals surface area contributed by atoms with Crippen LogP contribution in [0.25, 0.3) is 17.0 Å². The zero-order valence-electron chi connectivity index (χ0n) is 19.1. The molecule has 0 aliphatic carbocycles. The summed E-state index contributed by atoms with van der Waals surface area (Å²) in [6.45, 7) is 2.55. The summed E-state index contributed by atoms with van der Waals surface area (Å²) in [5, 5.41) is 7.73. The maximum Gasteiger partial charge on any atom is 0.226 e. The first kappa shape index (κ1) is 21.0. The van der Waals surface area contributed by atoms with E-state index in [2.05, 4.69) is 37.4 Å². The molecule has 1 aliphatic heterocycles.